The van der Waals surface area contributed by atoms with Crippen LogP contribution in [0, 0.1) is 13.8 Å². The number of aryl methyl sites for hydroxylation is 2. The Morgan fingerprint density at radius 3 is 2.83 bits per heavy atom. The Bertz CT molecular complexity index is 668. The maximum atomic E-state index is 5.88. The molecule has 0 N–H and O–H groups in total. The van der Waals surface area contributed by atoms with Crippen molar-refractivity contribution in [3.63, 3.8) is 0 Å². The third kappa shape index (κ3) is 3.79. The molecule has 2 aromatic heterocycles. The van der Waals surface area contributed by atoms with Gasteiger partial charge in [-0.1, -0.05) is 0 Å². The van der Waals surface area contributed by atoms with Crippen molar-refractivity contribution in [3.8, 4) is 0 Å². The van der Waals surface area contributed by atoms with E-state index in [4.69, 9.17) is 4.74 Å². The van der Waals surface area contributed by atoms with E-state index in [9.17, 15) is 0 Å². The Kier molecular flexibility index (Phi) is 4.47. The SMILES string of the molecule is Cc1cnn(CC2CN(c3nc(C)cc(N(C)C)n3)CCO2)c1. The van der Waals surface area contributed by atoms with Crippen molar-refractivity contribution >= 4 is 11.8 Å². The van der Waals surface area contributed by atoms with E-state index < -0.39 is 0 Å². The molecule has 3 heterocycles. The average Bonchev–Trinajstić information content (AvgIpc) is 2.92. The summed E-state index contributed by atoms with van der Waals surface area (Å²) < 4.78 is 7.82. The van der Waals surface area contributed by atoms with Crippen LogP contribution in [-0.4, -0.2) is 59.6 Å². The first-order chi connectivity index (χ1) is 11.0. The van der Waals surface area contributed by atoms with Crippen molar-refractivity contribution in [1.82, 2.24) is 19.7 Å². The van der Waals surface area contributed by atoms with Crippen molar-refractivity contribution in [2.24, 2.45) is 0 Å². The molecule has 0 saturated carbocycles. The van der Waals surface area contributed by atoms with Gasteiger partial charge in [0, 0.05) is 45.1 Å². The van der Waals surface area contributed by atoms with Crippen molar-refractivity contribution in [3.05, 3.63) is 29.7 Å². The van der Waals surface area contributed by atoms with Gasteiger partial charge in [-0.2, -0.15) is 10.1 Å². The average molecular weight is 316 g/mol. The lowest BCUT2D eigenvalue weighted by atomic mass is 10.2. The van der Waals surface area contributed by atoms with E-state index in [0.717, 1.165) is 42.7 Å². The molecule has 1 atom stereocenters. The van der Waals surface area contributed by atoms with Crippen LogP contribution < -0.4 is 9.80 Å². The quantitative estimate of drug-likeness (QED) is 0.846. The second-order valence-corrected chi connectivity index (χ2v) is 6.24. The summed E-state index contributed by atoms with van der Waals surface area (Å²) in [5.74, 6) is 1.71. The Hall–Kier alpha value is -2.15. The molecule has 7 heteroatoms. The van der Waals surface area contributed by atoms with Gasteiger partial charge in [0.2, 0.25) is 5.95 Å². The fourth-order valence-electron chi connectivity index (χ4n) is 2.69. The van der Waals surface area contributed by atoms with Crippen LogP contribution in [0.2, 0.25) is 0 Å². The van der Waals surface area contributed by atoms with Crippen LogP contribution in [0.3, 0.4) is 0 Å². The zero-order valence-electron chi connectivity index (χ0n) is 14.2. The second kappa shape index (κ2) is 6.54. The van der Waals surface area contributed by atoms with Crippen LogP contribution >= 0.6 is 0 Å². The predicted molar refractivity (Wildman–Crippen MR) is 90.0 cm³/mol. The van der Waals surface area contributed by atoms with E-state index in [1.807, 2.05) is 56.0 Å². The summed E-state index contributed by atoms with van der Waals surface area (Å²) in [6, 6.07) is 1.99. The van der Waals surface area contributed by atoms with Crippen molar-refractivity contribution in [2.45, 2.75) is 26.5 Å². The number of anilines is 2. The molecule has 0 bridgehead atoms. The normalized spacial score (nSPS) is 18.3. The van der Waals surface area contributed by atoms with Gasteiger partial charge in [0.15, 0.2) is 0 Å². The van der Waals surface area contributed by atoms with Crippen molar-refractivity contribution in [2.75, 3.05) is 43.6 Å². The molecule has 1 aliphatic rings. The molecule has 1 aliphatic heterocycles. The molecule has 23 heavy (non-hydrogen) atoms. The number of hydrogen-bond donors (Lipinski definition) is 0. The molecular weight excluding hydrogens is 292 g/mol. The van der Waals surface area contributed by atoms with Gasteiger partial charge in [-0.05, 0) is 19.4 Å². The monoisotopic (exact) mass is 316 g/mol. The van der Waals surface area contributed by atoms with Crippen LogP contribution in [0.1, 0.15) is 11.3 Å². The third-order valence-corrected chi connectivity index (χ3v) is 3.86. The molecule has 2 aromatic rings. The molecule has 124 valence electrons. The molecule has 0 radical (unpaired) electrons. The lowest BCUT2D eigenvalue weighted by molar-refractivity contribution is 0.0269. The minimum atomic E-state index is 0.0926. The largest absolute Gasteiger partial charge is 0.373 e. The first-order valence-corrected chi connectivity index (χ1v) is 7.90. The van der Waals surface area contributed by atoms with Gasteiger partial charge in [0.05, 0.1) is 25.5 Å². The van der Waals surface area contributed by atoms with Gasteiger partial charge in [0.1, 0.15) is 5.82 Å². The maximum Gasteiger partial charge on any atom is 0.227 e. The molecule has 0 amide bonds. The zero-order valence-corrected chi connectivity index (χ0v) is 14.2. The van der Waals surface area contributed by atoms with Crippen molar-refractivity contribution < 1.29 is 4.74 Å². The Labute approximate surface area is 136 Å². The predicted octanol–water partition coefficient (Wildman–Crippen LogP) is 1.26. The molecule has 0 aromatic carbocycles. The maximum absolute atomic E-state index is 5.88. The number of hydrogen-bond acceptors (Lipinski definition) is 6. The molecule has 0 aliphatic carbocycles. The van der Waals surface area contributed by atoms with Crippen LogP contribution in [-0.2, 0) is 11.3 Å². The van der Waals surface area contributed by atoms with Crippen LogP contribution in [0.5, 0.6) is 0 Å². The highest BCUT2D eigenvalue weighted by molar-refractivity contribution is 5.45. The van der Waals surface area contributed by atoms with Gasteiger partial charge >= 0.3 is 0 Å². The van der Waals surface area contributed by atoms with Gasteiger partial charge in [-0.15, -0.1) is 0 Å². The zero-order chi connectivity index (χ0) is 16.4. The third-order valence-electron chi connectivity index (χ3n) is 3.86. The van der Waals surface area contributed by atoms with Gasteiger partial charge in [0.25, 0.3) is 0 Å². The van der Waals surface area contributed by atoms with E-state index in [0.29, 0.717) is 6.61 Å². The smallest absolute Gasteiger partial charge is 0.227 e. The topological polar surface area (TPSA) is 59.3 Å². The van der Waals surface area contributed by atoms with Gasteiger partial charge < -0.3 is 14.5 Å². The number of aromatic nitrogens is 4. The summed E-state index contributed by atoms with van der Waals surface area (Å²) in [6.07, 6.45) is 4.00. The lowest BCUT2D eigenvalue weighted by Crippen LogP contribution is -2.45. The summed E-state index contributed by atoms with van der Waals surface area (Å²) in [5.41, 5.74) is 2.14. The Balaban J connectivity index is 1.73. The number of ether oxygens (including phenoxy) is 1. The fourth-order valence-corrected chi connectivity index (χ4v) is 2.69. The highest BCUT2D eigenvalue weighted by atomic mass is 16.5. The van der Waals surface area contributed by atoms with Crippen LogP contribution in [0.15, 0.2) is 18.5 Å². The molecular formula is C16H24N6O. The number of morpholine rings is 1. The molecule has 7 nitrogen and oxygen atoms in total. The highest BCUT2D eigenvalue weighted by Gasteiger charge is 2.23. The molecule has 0 spiro atoms. The minimum Gasteiger partial charge on any atom is -0.373 e. The van der Waals surface area contributed by atoms with E-state index in [-0.39, 0.29) is 6.10 Å². The number of nitrogens with zero attached hydrogens (tertiary/aromatic N) is 6. The van der Waals surface area contributed by atoms with Crippen molar-refractivity contribution in [1.29, 1.82) is 0 Å². The standard InChI is InChI=1S/C16H24N6O/c1-12-8-17-22(9-12)11-14-10-21(5-6-23-14)16-18-13(2)7-15(19-16)20(3)4/h7-9,14H,5-6,10-11H2,1-4H3. The second-order valence-electron chi connectivity index (χ2n) is 6.24. The van der Waals surface area contributed by atoms with Crippen LogP contribution in [0.25, 0.3) is 0 Å². The summed E-state index contributed by atoms with van der Waals surface area (Å²) in [7, 11) is 3.99. The van der Waals surface area contributed by atoms with E-state index in [2.05, 4.69) is 20.0 Å². The number of rotatable bonds is 4. The molecule has 1 saturated heterocycles. The highest BCUT2D eigenvalue weighted by Crippen LogP contribution is 2.18. The first-order valence-electron chi connectivity index (χ1n) is 7.90. The van der Waals surface area contributed by atoms with E-state index in [1.165, 1.54) is 0 Å². The molecule has 3 rings (SSSR count). The Morgan fingerprint density at radius 1 is 1.30 bits per heavy atom. The lowest BCUT2D eigenvalue weighted by Gasteiger charge is -2.33. The van der Waals surface area contributed by atoms with E-state index in [1.54, 1.807) is 0 Å². The summed E-state index contributed by atoms with van der Waals surface area (Å²) in [4.78, 5) is 13.5. The summed E-state index contributed by atoms with van der Waals surface area (Å²) >= 11 is 0. The van der Waals surface area contributed by atoms with Gasteiger partial charge in [-0.3, -0.25) is 4.68 Å². The summed E-state index contributed by atoms with van der Waals surface area (Å²) in [5, 5.41) is 4.34. The summed E-state index contributed by atoms with van der Waals surface area (Å²) in [6.45, 7) is 7.06. The minimum absolute atomic E-state index is 0.0926. The Morgan fingerprint density at radius 2 is 2.13 bits per heavy atom. The van der Waals surface area contributed by atoms with E-state index >= 15 is 0 Å². The van der Waals surface area contributed by atoms with Crippen LogP contribution in [0.4, 0.5) is 11.8 Å². The first kappa shape index (κ1) is 15.7. The molecule has 1 fully saturated rings. The molecule has 1 unspecified atom stereocenters. The fraction of sp³-hybridized carbons (Fsp3) is 0.562. The van der Waals surface area contributed by atoms with Gasteiger partial charge in [-0.25, -0.2) is 4.98 Å².